The molecule has 1 unspecified atom stereocenters. The van der Waals surface area contributed by atoms with Gasteiger partial charge in [-0.15, -0.1) is 0 Å². The summed E-state index contributed by atoms with van der Waals surface area (Å²) in [4.78, 5) is 2.17. The van der Waals surface area contributed by atoms with Crippen molar-refractivity contribution in [3.63, 3.8) is 0 Å². The van der Waals surface area contributed by atoms with Crippen LogP contribution >= 0.6 is 11.6 Å². The molecular formula is C13H18ClFN2. The van der Waals surface area contributed by atoms with Crippen molar-refractivity contribution >= 4 is 17.3 Å². The summed E-state index contributed by atoms with van der Waals surface area (Å²) in [5.41, 5.74) is 0.814. The van der Waals surface area contributed by atoms with Crippen LogP contribution in [-0.4, -0.2) is 25.7 Å². The molecule has 1 aromatic carbocycles. The number of likely N-dealkylation sites (N-methyl/N-ethyl adjacent to an activating group) is 1. The number of piperidine rings is 1. The third kappa shape index (κ3) is 3.11. The Kier molecular flexibility index (Phi) is 4.24. The summed E-state index contributed by atoms with van der Waals surface area (Å²) < 4.78 is 13.2. The van der Waals surface area contributed by atoms with Gasteiger partial charge in [-0.3, -0.25) is 0 Å². The number of anilines is 1. The van der Waals surface area contributed by atoms with Gasteiger partial charge >= 0.3 is 0 Å². The number of nitrogens with zero attached hydrogens (tertiary/aromatic N) is 1. The van der Waals surface area contributed by atoms with Crippen LogP contribution in [0.4, 0.5) is 10.1 Å². The standard InChI is InChI=1S/C13H18ClFN2/c1-2-16-11-4-3-7-17(9-11)13-8-10(15)5-6-12(13)14/h5-6,8,11,16H,2-4,7,9H2,1H3. The molecule has 1 saturated heterocycles. The van der Waals surface area contributed by atoms with Gasteiger partial charge in [0.1, 0.15) is 5.82 Å². The minimum Gasteiger partial charge on any atom is -0.369 e. The Morgan fingerprint density at radius 3 is 3.12 bits per heavy atom. The molecule has 0 bridgehead atoms. The second kappa shape index (κ2) is 5.69. The Morgan fingerprint density at radius 1 is 1.53 bits per heavy atom. The number of hydrogen-bond acceptors (Lipinski definition) is 2. The fourth-order valence-corrected chi connectivity index (χ4v) is 2.62. The zero-order chi connectivity index (χ0) is 12.3. The van der Waals surface area contributed by atoms with Crippen LogP contribution in [0.3, 0.4) is 0 Å². The van der Waals surface area contributed by atoms with Crippen LogP contribution in [0, 0.1) is 5.82 Å². The predicted molar refractivity (Wildman–Crippen MR) is 70.3 cm³/mol. The highest BCUT2D eigenvalue weighted by Gasteiger charge is 2.21. The monoisotopic (exact) mass is 256 g/mol. The van der Waals surface area contributed by atoms with E-state index in [0.717, 1.165) is 31.7 Å². The van der Waals surface area contributed by atoms with Crippen LogP contribution < -0.4 is 10.2 Å². The SMILES string of the molecule is CCNC1CCCN(c2cc(F)ccc2Cl)C1. The Balaban J connectivity index is 2.13. The van der Waals surface area contributed by atoms with Crippen molar-refractivity contribution in [1.29, 1.82) is 0 Å². The van der Waals surface area contributed by atoms with Crippen molar-refractivity contribution in [2.24, 2.45) is 0 Å². The molecule has 2 rings (SSSR count). The fraction of sp³-hybridized carbons (Fsp3) is 0.538. The first kappa shape index (κ1) is 12.7. The van der Waals surface area contributed by atoms with E-state index in [9.17, 15) is 4.39 Å². The molecule has 1 heterocycles. The highest BCUT2D eigenvalue weighted by atomic mass is 35.5. The minimum atomic E-state index is -0.227. The van der Waals surface area contributed by atoms with E-state index in [-0.39, 0.29) is 5.82 Å². The van der Waals surface area contributed by atoms with Gasteiger partial charge in [0, 0.05) is 19.1 Å². The summed E-state index contributed by atoms with van der Waals surface area (Å²) in [7, 11) is 0. The molecule has 1 fully saturated rings. The Labute approximate surface area is 107 Å². The summed E-state index contributed by atoms with van der Waals surface area (Å²) >= 11 is 6.13. The lowest BCUT2D eigenvalue weighted by molar-refractivity contribution is 0.431. The normalized spacial score (nSPS) is 20.6. The predicted octanol–water partition coefficient (Wildman–Crippen LogP) is 3.06. The zero-order valence-electron chi connectivity index (χ0n) is 10.0. The van der Waals surface area contributed by atoms with Crippen molar-refractivity contribution in [2.45, 2.75) is 25.8 Å². The maximum absolute atomic E-state index is 13.2. The van der Waals surface area contributed by atoms with Gasteiger partial charge in [0.15, 0.2) is 0 Å². The minimum absolute atomic E-state index is 0.227. The average Bonchev–Trinajstić information content (AvgIpc) is 2.33. The first-order valence-corrected chi connectivity index (χ1v) is 6.52. The molecule has 94 valence electrons. The van der Waals surface area contributed by atoms with Gasteiger partial charge in [0.25, 0.3) is 0 Å². The maximum atomic E-state index is 13.2. The molecule has 4 heteroatoms. The van der Waals surface area contributed by atoms with E-state index in [0.29, 0.717) is 11.1 Å². The van der Waals surface area contributed by atoms with Crippen molar-refractivity contribution < 1.29 is 4.39 Å². The molecule has 0 aromatic heterocycles. The Hall–Kier alpha value is -0.800. The van der Waals surface area contributed by atoms with Crippen molar-refractivity contribution in [2.75, 3.05) is 24.5 Å². The third-order valence-electron chi connectivity index (χ3n) is 3.16. The molecule has 0 spiro atoms. The lowest BCUT2D eigenvalue weighted by Crippen LogP contribution is -2.45. The largest absolute Gasteiger partial charge is 0.369 e. The van der Waals surface area contributed by atoms with Gasteiger partial charge in [-0.25, -0.2) is 4.39 Å². The van der Waals surface area contributed by atoms with Gasteiger partial charge < -0.3 is 10.2 Å². The van der Waals surface area contributed by atoms with Gasteiger partial charge in [-0.1, -0.05) is 18.5 Å². The summed E-state index contributed by atoms with van der Waals surface area (Å²) in [5, 5.41) is 4.07. The van der Waals surface area contributed by atoms with Crippen LogP contribution in [-0.2, 0) is 0 Å². The van der Waals surface area contributed by atoms with Crippen LogP contribution in [0.5, 0.6) is 0 Å². The van der Waals surface area contributed by atoms with E-state index >= 15 is 0 Å². The van der Waals surface area contributed by atoms with Crippen molar-refractivity contribution in [3.05, 3.63) is 29.0 Å². The molecule has 0 saturated carbocycles. The Morgan fingerprint density at radius 2 is 2.35 bits per heavy atom. The molecule has 0 radical (unpaired) electrons. The topological polar surface area (TPSA) is 15.3 Å². The number of rotatable bonds is 3. The van der Waals surface area contributed by atoms with Crippen LogP contribution in [0.25, 0.3) is 0 Å². The van der Waals surface area contributed by atoms with Crippen molar-refractivity contribution in [1.82, 2.24) is 5.32 Å². The number of nitrogens with one attached hydrogen (secondary N) is 1. The molecule has 0 amide bonds. The lowest BCUT2D eigenvalue weighted by Gasteiger charge is -2.35. The average molecular weight is 257 g/mol. The lowest BCUT2D eigenvalue weighted by atomic mass is 10.0. The van der Waals surface area contributed by atoms with E-state index < -0.39 is 0 Å². The molecular weight excluding hydrogens is 239 g/mol. The maximum Gasteiger partial charge on any atom is 0.125 e. The van der Waals surface area contributed by atoms with Crippen molar-refractivity contribution in [3.8, 4) is 0 Å². The number of hydrogen-bond donors (Lipinski definition) is 1. The van der Waals surface area contributed by atoms with Gasteiger partial charge in [0.05, 0.1) is 10.7 Å². The second-order valence-electron chi connectivity index (χ2n) is 4.44. The molecule has 1 aliphatic rings. The summed E-state index contributed by atoms with van der Waals surface area (Å²) in [5.74, 6) is -0.227. The number of benzene rings is 1. The smallest absolute Gasteiger partial charge is 0.125 e. The van der Waals surface area contributed by atoms with E-state index in [1.165, 1.54) is 18.6 Å². The second-order valence-corrected chi connectivity index (χ2v) is 4.85. The highest BCUT2D eigenvalue weighted by Crippen LogP contribution is 2.28. The van der Waals surface area contributed by atoms with Crippen LogP contribution in [0.15, 0.2) is 18.2 Å². The van der Waals surface area contributed by atoms with E-state index in [1.807, 2.05) is 0 Å². The quantitative estimate of drug-likeness (QED) is 0.894. The molecule has 1 aliphatic heterocycles. The van der Waals surface area contributed by atoms with E-state index in [1.54, 1.807) is 6.07 Å². The van der Waals surface area contributed by atoms with Crippen LogP contribution in [0.1, 0.15) is 19.8 Å². The first-order valence-electron chi connectivity index (χ1n) is 6.14. The summed E-state index contributed by atoms with van der Waals surface area (Å²) in [6, 6.07) is 5.03. The molecule has 17 heavy (non-hydrogen) atoms. The van der Waals surface area contributed by atoms with Gasteiger partial charge in [0.2, 0.25) is 0 Å². The zero-order valence-corrected chi connectivity index (χ0v) is 10.8. The van der Waals surface area contributed by atoms with E-state index in [2.05, 4.69) is 17.1 Å². The third-order valence-corrected chi connectivity index (χ3v) is 3.48. The first-order chi connectivity index (χ1) is 8.20. The van der Waals surface area contributed by atoms with Gasteiger partial charge in [-0.05, 0) is 37.6 Å². The molecule has 0 aliphatic carbocycles. The summed E-state index contributed by atoms with van der Waals surface area (Å²) in [6.07, 6.45) is 2.29. The Bertz CT molecular complexity index is 382. The van der Waals surface area contributed by atoms with Crippen LogP contribution in [0.2, 0.25) is 5.02 Å². The fourth-order valence-electron chi connectivity index (χ4n) is 2.38. The molecule has 1 atom stereocenters. The highest BCUT2D eigenvalue weighted by molar-refractivity contribution is 6.33. The molecule has 1 N–H and O–H groups in total. The molecule has 2 nitrogen and oxygen atoms in total. The van der Waals surface area contributed by atoms with E-state index in [4.69, 9.17) is 11.6 Å². The summed E-state index contributed by atoms with van der Waals surface area (Å²) in [6.45, 7) is 4.92. The number of halogens is 2. The molecule has 1 aromatic rings. The van der Waals surface area contributed by atoms with Gasteiger partial charge in [-0.2, -0.15) is 0 Å².